The number of amides is 1. The number of carbonyl (C=O) groups is 1. The van der Waals surface area contributed by atoms with Crippen molar-refractivity contribution in [2.45, 2.75) is 12.5 Å². The van der Waals surface area contributed by atoms with E-state index in [1.54, 1.807) is 31.3 Å². The van der Waals surface area contributed by atoms with Gasteiger partial charge in [0.1, 0.15) is 29.8 Å². The number of likely N-dealkylation sites (N-methyl/N-ethyl adjacent to an activating group) is 1. The molecule has 1 aliphatic heterocycles. The van der Waals surface area contributed by atoms with E-state index < -0.39 is 5.82 Å². The molecule has 1 saturated heterocycles. The summed E-state index contributed by atoms with van der Waals surface area (Å²) in [6.45, 7) is 1.50. The Balaban J connectivity index is 1.68. The Kier molecular flexibility index (Phi) is 7.61. The molecule has 8 nitrogen and oxygen atoms in total. The van der Waals surface area contributed by atoms with Crippen molar-refractivity contribution in [3.63, 3.8) is 0 Å². The molecule has 11 heteroatoms. The van der Waals surface area contributed by atoms with Crippen LogP contribution in [0.3, 0.4) is 0 Å². The predicted octanol–water partition coefficient (Wildman–Crippen LogP) is 3.84. The molecule has 4 rings (SSSR count). The molecule has 1 fully saturated rings. The van der Waals surface area contributed by atoms with E-state index in [0.717, 1.165) is 6.42 Å². The number of halogens is 2. The van der Waals surface area contributed by atoms with Gasteiger partial charge >= 0.3 is 0 Å². The Morgan fingerprint density at radius 3 is 2.97 bits per heavy atom. The first-order valence-corrected chi connectivity index (χ1v) is 11.0. The monoisotopic (exact) mass is 481 g/mol. The minimum Gasteiger partial charge on any atom is -0.486 e. The van der Waals surface area contributed by atoms with Crippen molar-refractivity contribution in [1.29, 1.82) is 0 Å². The summed E-state index contributed by atoms with van der Waals surface area (Å²) in [4.78, 5) is 22.6. The second-order valence-corrected chi connectivity index (χ2v) is 8.18. The average Bonchev–Trinajstić information content (AvgIpc) is 3.30. The highest BCUT2D eigenvalue weighted by atomic mass is 35.5. The lowest BCUT2D eigenvalue weighted by Gasteiger charge is -2.17. The molecule has 34 heavy (non-hydrogen) atoms. The maximum absolute atomic E-state index is 13.5. The molecule has 2 N–H and O–H groups in total. The topological polar surface area (TPSA) is 88.6 Å². The fourth-order valence-electron chi connectivity index (χ4n) is 3.38. The van der Waals surface area contributed by atoms with Gasteiger partial charge in [-0.2, -0.15) is 0 Å². The van der Waals surface area contributed by atoms with E-state index in [4.69, 9.17) is 29.1 Å². The van der Waals surface area contributed by atoms with Crippen molar-refractivity contribution in [2.75, 3.05) is 37.4 Å². The standard InChI is InChI=1S/C23H22BClFN5O3/c1-31(24)7-2-3-22(32)30-20-10-16-19(11-21(20)34-15-6-8-33-12-15)27-13-28-23(16)29-14-4-5-18(26)17(25)9-14/h2-5,9-11,13,15H,6-8,12H2,1H3,(H,30,32)(H,27,28,29)/b3-2+. The summed E-state index contributed by atoms with van der Waals surface area (Å²) >= 11 is 5.90. The summed E-state index contributed by atoms with van der Waals surface area (Å²) in [5, 5.41) is 6.59. The maximum atomic E-state index is 13.5. The van der Waals surface area contributed by atoms with Crippen LogP contribution in [0, 0.1) is 5.82 Å². The Morgan fingerprint density at radius 1 is 1.38 bits per heavy atom. The molecular weight excluding hydrogens is 460 g/mol. The fourth-order valence-corrected chi connectivity index (χ4v) is 3.56. The largest absolute Gasteiger partial charge is 0.486 e. The van der Waals surface area contributed by atoms with Gasteiger partial charge in [-0.1, -0.05) is 17.7 Å². The van der Waals surface area contributed by atoms with E-state index in [1.165, 1.54) is 29.3 Å². The summed E-state index contributed by atoms with van der Waals surface area (Å²) in [6, 6.07) is 7.75. The van der Waals surface area contributed by atoms with Gasteiger partial charge in [0, 0.05) is 36.2 Å². The summed E-state index contributed by atoms with van der Waals surface area (Å²) in [6.07, 6.45) is 5.07. The lowest BCUT2D eigenvalue weighted by Crippen LogP contribution is -2.18. The first kappa shape index (κ1) is 23.9. The number of nitrogens with zero attached hydrogens (tertiary/aromatic N) is 3. The van der Waals surface area contributed by atoms with Gasteiger partial charge in [-0.15, -0.1) is 0 Å². The van der Waals surface area contributed by atoms with Gasteiger partial charge in [-0.25, -0.2) is 14.4 Å². The Morgan fingerprint density at radius 2 is 2.24 bits per heavy atom. The maximum Gasteiger partial charge on any atom is 0.248 e. The van der Waals surface area contributed by atoms with Crippen LogP contribution in [-0.4, -0.2) is 61.6 Å². The normalized spacial score (nSPS) is 15.8. The highest BCUT2D eigenvalue weighted by Gasteiger charge is 2.20. The fraction of sp³-hybridized carbons (Fsp3) is 0.261. The molecule has 0 bridgehead atoms. The zero-order chi connectivity index (χ0) is 24.1. The molecule has 1 aromatic heterocycles. The van der Waals surface area contributed by atoms with E-state index >= 15 is 0 Å². The van der Waals surface area contributed by atoms with Crippen molar-refractivity contribution in [3.05, 3.63) is 59.7 Å². The van der Waals surface area contributed by atoms with E-state index in [0.29, 0.717) is 53.6 Å². The van der Waals surface area contributed by atoms with Gasteiger partial charge in [0.25, 0.3) is 0 Å². The first-order chi connectivity index (χ1) is 16.4. The number of nitrogens with one attached hydrogen (secondary N) is 2. The molecule has 0 spiro atoms. The molecule has 0 saturated carbocycles. The number of ether oxygens (including phenoxy) is 2. The van der Waals surface area contributed by atoms with Gasteiger partial charge in [-0.05, 0) is 31.3 Å². The van der Waals surface area contributed by atoms with E-state index in [2.05, 4.69) is 20.6 Å². The number of hydrogen-bond donors (Lipinski definition) is 2. The van der Waals surface area contributed by atoms with Gasteiger partial charge in [0.15, 0.2) is 7.98 Å². The Hall–Kier alpha value is -3.21. The lowest BCUT2D eigenvalue weighted by atomic mass is 10.1. The van der Waals surface area contributed by atoms with E-state index in [-0.39, 0.29) is 17.0 Å². The number of benzene rings is 2. The van der Waals surface area contributed by atoms with Crippen LogP contribution in [0.5, 0.6) is 5.75 Å². The predicted molar refractivity (Wildman–Crippen MR) is 130 cm³/mol. The van der Waals surface area contributed by atoms with Crippen LogP contribution in [0.2, 0.25) is 5.02 Å². The third kappa shape index (κ3) is 6.02. The first-order valence-electron chi connectivity index (χ1n) is 10.6. The van der Waals surface area contributed by atoms with Gasteiger partial charge < -0.3 is 24.9 Å². The SMILES string of the molecule is [B]N(C)C/C=C/C(=O)Nc1cc2c(Nc3ccc(F)c(Cl)c3)ncnc2cc1OC1CCOC1. The van der Waals surface area contributed by atoms with Crippen molar-refractivity contribution in [3.8, 4) is 5.75 Å². The molecule has 1 unspecified atom stereocenters. The molecule has 1 aliphatic rings. The third-order valence-electron chi connectivity index (χ3n) is 5.02. The zero-order valence-electron chi connectivity index (χ0n) is 18.4. The second kappa shape index (κ2) is 10.8. The lowest BCUT2D eigenvalue weighted by molar-refractivity contribution is -0.111. The Bertz CT molecular complexity index is 1220. The van der Waals surface area contributed by atoms with Crippen LogP contribution in [0.15, 0.2) is 48.8 Å². The third-order valence-corrected chi connectivity index (χ3v) is 5.31. The van der Waals surface area contributed by atoms with Crippen LogP contribution in [0.25, 0.3) is 10.9 Å². The molecule has 3 aromatic rings. The van der Waals surface area contributed by atoms with Crippen molar-refractivity contribution < 1.29 is 18.7 Å². The summed E-state index contributed by atoms with van der Waals surface area (Å²) in [7, 11) is 7.27. The number of fused-ring (bicyclic) bond motifs is 1. The number of aromatic nitrogens is 2. The average molecular weight is 482 g/mol. The summed E-state index contributed by atoms with van der Waals surface area (Å²) < 4.78 is 25.1. The molecule has 2 radical (unpaired) electrons. The van der Waals surface area contributed by atoms with Crippen LogP contribution in [0.1, 0.15) is 6.42 Å². The van der Waals surface area contributed by atoms with Gasteiger partial charge in [-0.3, -0.25) is 4.79 Å². The van der Waals surface area contributed by atoms with Gasteiger partial charge in [0.2, 0.25) is 5.91 Å². The second-order valence-electron chi connectivity index (χ2n) is 7.78. The van der Waals surface area contributed by atoms with Crippen LogP contribution < -0.4 is 15.4 Å². The van der Waals surface area contributed by atoms with Crippen molar-refractivity contribution in [1.82, 2.24) is 14.8 Å². The number of hydrogen-bond acceptors (Lipinski definition) is 7. The van der Waals surface area contributed by atoms with Gasteiger partial charge in [0.05, 0.1) is 29.4 Å². The van der Waals surface area contributed by atoms with Crippen LogP contribution >= 0.6 is 11.6 Å². The highest BCUT2D eigenvalue weighted by Crippen LogP contribution is 2.35. The number of carbonyl (C=O) groups excluding carboxylic acids is 1. The van der Waals surface area contributed by atoms with E-state index in [1.807, 2.05) is 0 Å². The summed E-state index contributed by atoms with van der Waals surface area (Å²) in [5.41, 5.74) is 1.59. The molecule has 2 aromatic carbocycles. The smallest absolute Gasteiger partial charge is 0.248 e. The number of anilines is 3. The van der Waals surface area contributed by atoms with E-state index in [9.17, 15) is 9.18 Å². The minimum absolute atomic E-state index is 0.0132. The molecule has 0 aliphatic carbocycles. The summed E-state index contributed by atoms with van der Waals surface area (Å²) in [5.74, 6) is 0.0658. The van der Waals surface area contributed by atoms with Crippen LogP contribution in [-0.2, 0) is 9.53 Å². The molecule has 174 valence electrons. The van der Waals surface area contributed by atoms with Crippen LogP contribution in [0.4, 0.5) is 21.6 Å². The highest BCUT2D eigenvalue weighted by molar-refractivity contribution is 6.31. The molecule has 1 amide bonds. The molecule has 1 atom stereocenters. The number of rotatable bonds is 8. The molecule has 2 heterocycles. The quantitative estimate of drug-likeness (QED) is 0.373. The Labute approximate surface area is 202 Å². The molecular formula is C23H22BClFN5O3. The van der Waals surface area contributed by atoms with Crippen molar-refractivity contribution >= 4 is 53.6 Å². The van der Waals surface area contributed by atoms with Crippen molar-refractivity contribution in [2.24, 2.45) is 0 Å². The minimum atomic E-state index is -0.517. The zero-order valence-corrected chi connectivity index (χ0v) is 19.2.